The number of anilines is 1. The molecule has 1 aliphatic heterocycles. The molecule has 1 saturated heterocycles. The molecule has 0 atom stereocenters. The maximum absolute atomic E-state index is 12.3. The van der Waals surface area contributed by atoms with Gasteiger partial charge >= 0.3 is 0 Å². The van der Waals surface area contributed by atoms with Crippen LogP contribution >= 0.6 is 22.9 Å². The minimum atomic E-state index is 0.0799. The van der Waals surface area contributed by atoms with Crippen molar-refractivity contribution in [1.82, 2.24) is 9.88 Å². The van der Waals surface area contributed by atoms with Crippen LogP contribution in [-0.4, -0.2) is 42.0 Å². The number of amides is 1. The predicted octanol–water partition coefficient (Wildman–Crippen LogP) is 2.76. The zero-order valence-electron chi connectivity index (χ0n) is 10.8. The maximum atomic E-state index is 12.3. The molecular formula is C14H14ClN3OS. The Bertz CT molecular complexity index is 593. The summed E-state index contributed by atoms with van der Waals surface area (Å²) in [6.45, 7) is 3.15. The largest absolute Gasteiger partial charge is 0.368 e. The van der Waals surface area contributed by atoms with Crippen LogP contribution in [0.1, 0.15) is 9.67 Å². The Hall–Kier alpha value is -1.59. The summed E-state index contributed by atoms with van der Waals surface area (Å²) in [5, 5.41) is 0. The van der Waals surface area contributed by atoms with E-state index in [9.17, 15) is 4.79 Å². The van der Waals surface area contributed by atoms with Crippen molar-refractivity contribution in [1.29, 1.82) is 0 Å². The third-order valence-corrected chi connectivity index (χ3v) is 4.60. The van der Waals surface area contributed by atoms with E-state index < -0.39 is 0 Å². The molecular weight excluding hydrogens is 294 g/mol. The van der Waals surface area contributed by atoms with Crippen LogP contribution in [0.2, 0.25) is 4.34 Å². The highest BCUT2D eigenvalue weighted by Gasteiger charge is 2.23. The smallest absolute Gasteiger partial charge is 0.264 e. The number of hydrogen-bond donors (Lipinski definition) is 0. The summed E-state index contributed by atoms with van der Waals surface area (Å²) < 4.78 is 0.656. The summed E-state index contributed by atoms with van der Waals surface area (Å²) in [6, 6.07) is 7.56. The lowest BCUT2D eigenvalue weighted by Gasteiger charge is -2.35. The van der Waals surface area contributed by atoms with Gasteiger partial charge in [-0.3, -0.25) is 9.78 Å². The molecule has 0 unspecified atom stereocenters. The summed E-state index contributed by atoms with van der Waals surface area (Å²) >= 11 is 7.22. The van der Waals surface area contributed by atoms with Crippen LogP contribution in [0.15, 0.2) is 36.7 Å². The minimum absolute atomic E-state index is 0.0799. The normalized spacial score (nSPS) is 15.4. The average Bonchev–Trinajstić information content (AvgIpc) is 2.94. The summed E-state index contributed by atoms with van der Waals surface area (Å²) in [6.07, 6.45) is 3.58. The van der Waals surface area contributed by atoms with Crippen molar-refractivity contribution in [3.05, 3.63) is 45.9 Å². The predicted molar refractivity (Wildman–Crippen MR) is 81.7 cm³/mol. The molecule has 0 aromatic carbocycles. The SMILES string of the molecule is O=C(c1ccc(Cl)s1)N1CCN(c2ccncc2)CC1. The fraction of sp³-hybridized carbons (Fsp3) is 0.286. The number of carbonyl (C=O) groups is 1. The summed E-state index contributed by atoms with van der Waals surface area (Å²) in [4.78, 5) is 21.2. The number of carbonyl (C=O) groups excluding carboxylic acids is 1. The highest BCUT2D eigenvalue weighted by molar-refractivity contribution is 7.17. The van der Waals surface area contributed by atoms with Crippen molar-refractivity contribution in [2.75, 3.05) is 31.1 Å². The van der Waals surface area contributed by atoms with Crippen LogP contribution in [0, 0.1) is 0 Å². The van der Waals surface area contributed by atoms with E-state index in [0.29, 0.717) is 9.21 Å². The molecule has 4 nitrogen and oxygen atoms in total. The van der Waals surface area contributed by atoms with Gasteiger partial charge in [-0.1, -0.05) is 11.6 Å². The first-order valence-electron chi connectivity index (χ1n) is 6.43. The van der Waals surface area contributed by atoms with Crippen LogP contribution in [-0.2, 0) is 0 Å². The van der Waals surface area contributed by atoms with Gasteiger partial charge in [-0.05, 0) is 24.3 Å². The first-order chi connectivity index (χ1) is 9.74. The molecule has 0 saturated carbocycles. The zero-order valence-corrected chi connectivity index (χ0v) is 12.4. The van der Waals surface area contributed by atoms with Gasteiger partial charge in [0.25, 0.3) is 5.91 Å². The highest BCUT2D eigenvalue weighted by Crippen LogP contribution is 2.23. The molecule has 2 aromatic rings. The Balaban J connectivity index is 1.63. The zero-order chi connectivity index (χ0) is 13.9. The Kier molecular flexibility index (Phi) is 3.89. The first-order valence-corrected chi connectivity index (χ1v) is 7.63. The second-order valence-electron chi connectivity index (χ2n) is 4.59. The van der Waals surface area contributed by atoms with Crippen LogP contribution in [0.25, 0.3) is 0 Å². The van der Waals surface area contributed by atoms with Gasteiger partial charge in [0.1, 0.15) is 0 Å². The van der Waals surface area contributed by atoms with Gasteiger partial charge in [0, 0.05) is 44.3 Å². The molecule has 0 radical (unpaired) electrons. The van der Waals surface area contributed by atoms with Crippen LogP contribution < -0.4 is 4.90 Å². The molecule has 0 aliphatic carbocycles. The molecule has 0 bridgehead atoms. The van der Waals surface area contributed by atoms with Gasteiger partial charge in [0.2, 0.25) is 0 Å². The number of hydrogen-bond acceptors (Lipinski definition) is 4. The molecule has 104 valence electrons. The van der Waals surface area contributed by atoms with E-state index in [1.165, 1.54) is 11.3 Å². The van der Waals surface area contributed by atoms with E-state index >= 15 is 0 Å². The maximum Gasteiger partial charge on any atom is 0.264 e. The lowest BCUT2D eigenvalue weighted by molar-refractivity contribution is 0.0751. The third-order valence-electron chi connectivity index (χ3n) is 3.38. The molecule has 1 amide bonds. The Morgan fingerprint density at radius 3 is 2.40 bits per heavy atom. The average molecular weight is 308 g/mol. The number of aromatic nitrogens is 1. The second-order valence-corrected chi connectivity index (χ2v) is 6.30. The van der Waals surface area contributed by atoms with Gasteiger partial charge in [0.15, 0.2) is 0 Å². The molecule has 20 heavy (non-hydrogen) atoms. The van der Waals surface area contributed by atoms with Crippen LogP contribution in [0.5, 0.6) is 0 Å². The summed E-state index contributed by atoms with van der Waals surface area (Å²) in [5.74, 6) is 0.0799. The third kappa shape index (κ3) is 2.78. The topological polar surface area (TPSA) is 36.4 Å². The highest BCUT2D eigenvalue weighted by atomic mass is 35.5. The second kappa shape index (κ2) is 5.81. The lowest BCUT2D eigenvalue weighted by Crippen LogP contribution is -2.48. The molecule has 2 aromatic heterocycles. The van der Waals surface area contributed by atoms with Crippen molar-refractivity contribution < 1.29 is 4.79 Å². The number of nitrogens with zero attached hydrogens (tertiary/aromatic N) is 3. The number of pyridine rings is 1. The van der Waals surface area contributed by atoms with Crippen molar-refractivity contribution in [2.45, 2.75) is 0 Å². The number of piperazine rings is 1. The standard InChI is InChI=1S/C14H14ClN3OS/c15-13-2-1-12(20-13)14(19)18-9-7-17(8-10-18)11-3-5-16-6-4-11/h1-6H,7-10H2. The first kappa shape index (κ1) is 13.4. The van der Waals surface area contributed by atoms with Crippen LogP contribution in [0.3, 0.4) is 0 Å². The van der Waals surface area contributed by atoms with E-state index in [-0.39, 0.29) is 5.91 Å². The van der Waals surface area contributed by atoms with E-state index in [2.05, 4.69) is 9.88 Å². The molecule has 6 heteroatoms. The Labute approximate surface area is 126 Å². The van der Waals surface area contributed by atoms with Crippen molar-refractivity contribution in [3.63, 3.8) is 0 Å². The van der Waals surface area contributed by atoms with Crippen molar-refractivity contribution in [3.8, 4) is 0 Å². The van der Waals surface area contributed by atoms with Gasteiger partial charge in [-0.2, -0.15) is 0 Å². The Morgan fingerprint density at radius 2 is 1.80 bits per heavy atom. The van der Waals surface area contributed by atoms with E-state index in [1.807, 2.05) is 17.0 Å². The molecule has 1 aliphatic rings. The number of halogens is 1. The summed E-state index contributed by atoms with van der Waals surface area (Å²) in [7, 11) is 0. The minimum Gasteiger partial charge on any atom is -0.368 e. The Morgan fingerprint density at radius 1 is 1.10 bits per heavy atom. The number of rotatable bonds is 2. The van der Waals surface area contributed by atoms with Gasteiger partial charge in [-0.15, -0.1) is 11.3 Å². The number of thiophene rings is 1. The fourth-order valence-electron chi connectivity index (χ4n) is 2.31. The van der Waals surface area contributed by atoms with Gasteiger partial charge < -0.3 is 9.80 Å². The lowest BCUT2D eigenvalue weighted by atomic mass is 10.2. The molecule has 0 N–H and O–H groups in total. The summed E-state index contributed by atoms with van der Waals surface area (Å²) in [5.41, 5.74) is 1.16. The monoisotopic (exact) mass is 307 g/mol. The molecule has 3 rings (SSSR count). The van der Waals surface area contributed by atoms with E-state index in [1.54, 1.807) is 24.5 Å². The fourth-order valence-corrected chi connectivity index (χ4v) is 3.32. The van der Waals surface area contributed by atoms with Gasteiger partial charge in [0.05, 0.1) is 9.21 Å². The van der Waals surface area contributed by atoms with Crippen molar-refractivity contribution >= 4 is 34.5 Å². The molecule has 1 fully saturated rings. The molecule has 0 spiro atoms. The van der Waals surface area contributed by atoms with Crippen molar-refractivity contribution in [2.24, 2.45) is 0 Å². The quantitative estimate of drug-likeness (QED) is 0.856. The van der Waals surface area contributed by atoms with Crippen LogP contribution in [0.4, 0.5) is 5.69 Å². The molecule has 3 heterocycles. The van der Waals surface area contributed by atoms with Gasteiger partial charge in [-0.25, -0.2) is 0 Å². The van der Waals surface area contributed by atoms with E-state index in [0.717, 1.165) is 31.9 Å². The van der Waals surface area contributed by atoms with E-state index in [4.69, 9.17) is 11.6 Å².